The lowest BCUT2D eigenvalue weighted by molar-refractivity contribution is -0.385. The van der Waals surface area contributed by atoms with Crippen molar-refractivity contribution < 1.29 is 14.5 Å². The number of nitrogens with zero attached hydrogens (tertiary/aromatic N) is 2. The molecule has 0 saturated carbocycles. The molecule has 0 aromatic heterocycles. The van der Waals surface area contributed by atoms with Crippen LogP contribution in [0, 0.1) is 10.1 Å². The summed E-state index contributed by atoms with van der Waals surface area (Å²) in [6, 6.07) is 11.6. The number of hydrogen-bond donors (Lipinski definition) is 1. The minimum absolute atomic E-state index is 0.00375. The number of allylic oxidation sites excluding steroid dienone is 1. The lowest BCUT2D eigenvalue weighted by atomic mass is 10.2. The highest BCUT2D eigenvalue weighted by Crippen LogP contribution is 2.29. The van der Waals surface area contributed by atoms with Crippen molar-refractivity contribution >= 4 is 51.4 Å². The predicted octanol–water partition coefficient (Wildman–Crippen LogP) is 4.20. The van der Waals surface area contributed by atoms with Gasteiger partial charge in [0.1, 0.15) is 0 Å². The third-order valence-corrected chi connectivity index (χ3v) is 3.84. The van der Waals surface area contributed by atoms with Gasteiger partial charge in [-0.3, -0.25) is 14.9 Å². The first-order valence-corrected chi connectivity index (χ1v) is 8.44. The third kappa shape index (κ3) is 5.98. The van der Waals surface area contributed by atoms with E-state index in [0.717, 1.165) is 5.56 Å². The molecule has 1 amide bonds. The fourth-order valence-corrected chi connectivity index (χ4v) is 2.39. The number of benzene rings is 2. The zero-order chi connectivity index (χ0) is 18.9. The van der Waals surface area contributed by atoms with E-state index in [4.69, 9.17) is 16.3 Å². The van der Waals surface area contributed by atoms with Crippen molar-refractivity contribution in [2.24, 2.45) is 5.10 Å². The van der Waals surface area contributed by atoms with E-state index in [1.807, 2.05) is 18.2 Å². The smallest absolute Gasteiger partial charge is 0.312 e. The van der Waals surface area contributed by atoms with Gasteiger partial charge in [0, 0.05) is 21.8 Å². The number of nitro groups is 1. The van der Waals surface area contributed by atoms with E-state index in [9.17, 15) is 14.9 Å². The minimum atomic E-state index is -0.588. The molecule has 2 rings (SSSR count). The van der Waals surface area contributed by atoms with Crippen molar-refractivity contribution in [3.05, 3.63) is 73.7 Å². The predicted molar refractivity (Wildman–Crippen MR) is 103 cm³/mol. The largest absolute Gasteiger partial charge is 0.477 e. The van der Waals surface area contributed by atoms with E-state index in [0.29, 0.717) is 9.50 Å². The normalized spacial score (nSPS) is 11.0. The fraction of sp³-hybridized carbons (Fsp3) is 0.0588. The first-order chi connectivity index (χ1) is 12.5. The number of halogens is 2. The van der Waals surface area contributed by atoms with Gasteiger partial charge in [-0.2, -0.15) is 5.10 Å². The SMILES string of the molecule is O=C(COc1ccc(Br)cc1[N+](=O)[O-])NN=CC=Cc1ccccc1Cl. The molecule has 26 heavy (non-hydrogen) atoms. The van der Waals surface area contributed by atoms with Crippen molar-refractivity contribution in [1.29, 1.82) is 0 Å². The van der Waals surface area contributed by atoms with Crippen LogP contribution in [0.15, 0.2) is 58.1 Å². The topological polar surface area (TPSA) is 93.8 Å². The molecule has 0 aliphatic carbocycles. The molecule has 0 aliphatic rings. The van der Waals surface area contributed by atoms with E-state index in [-0.39, 0.29) is 11.4 Å². The van der Waals surface area contributed by atoms with Gasteiger partial charge in [-0.25, -0.2) is 5.43 Å². The number of ether oxygens (including phenoxy) is 1. The van der Waals surface area contributed by atoms with Crippen molar-refractivity contribution in [2.45, 2.75) is 0 Å². The van der Waals surface area contributed by atoms with Crippen molar-refractivity contribution in [2.75, 3.05) is 6.61 Å². The van der Waals surface area contributed by atoms with Crippen molar-refractivity contribution in [3.8, 4) is 5.75 Å². The van der Waals surface area contributed by atoms with Gasteiger partial charge in [-0.05, 0) is 29.8 Å². The Hall–Kier alpha value is -2.71. The molecule has 7 nitrogen and oxygen atoms in total. The molecule has 0 spiro atoms. The number of carbonyl (C=O) groups excluding carboxylic acids is 1. The number of nitrogens with one attached hydrogen (secondary N) is 1. The van der Waals surface area contributed by atoms with Gasteiger partial charge in [0.2, 0.25) is 0 Å². The van der Waals surface area contributed by atoms with Crippen LogP contribution in [0.1, 0.15) is 5.56 Å². The first kappa shape index (κ1) is 19.6. The van der Waals surface area contributed by atoms with Crippen LogP contribution in [0.25, 0.3) is 6.08 Å². The summed E-state index contributed by atoms with van der Waals surface area (Å²) in [5.74, 6) is -0.555. The Morgan fingerprint density at radius 2 is 2.12 bits per heavy atom. The van der Waals surface area contributed by atoms with E-state index in [1.54, 1.807) is 24.3 Å². The lowest BCUT2D eigenvalue weighted by Crippen LogP contribution is -2.24. The number of rotatable bonds is 7. The second-order valence-corrected chi connectivity index (χ2v) is 6.17. The monoisotopic (exact) mass is 437 g/mol. The highest BCUT2D eigenvalue weighted by molar-refractivity contribution is 9.10. The number of hydrazone groups is 1. The maximum Gasteiger partial charge on any atom is 0.312 e. The highest BCUT2D eigenvalue weighted by atomic mass is 79.9. The summed E-state index contributed by atoms with van der Waals surface area (Å²) in [4.78, 5) is 22.1. The summed E-state index contributed by atoms with van der Waals surface area (Å²) in [7, 11) is 0. The number of hydrogen-bond acceptors (Lipinski definition) is 5. The van der Waals surface area contributed by atoms with Crippen LogP contribution in [0.4, 0.5) is 5.69 Å². The average molecular weight is 439 g/mol. The summed E-state index contributed by atoms with van der Waals surface area (Å²) in [6.45, 7) is -0.409. The average Bonchev–Trinajstić information content (AvgIpc) is 2.61. The van der Waals surface area contributed by atoms with E-state index in [1.165, 1.54) is 18.3 Å². The van der Waals surface area contributed by atoms with Gasteiger partial charge in [0.15, 0.2) is 12.4 Å². The minimum Gasteiger partial charge on any atom is -0.477 e. The maximum atomic E-state index is 11.7. The van der Waals surface area contributed by atoms with Crippen LogP contribution in [0.3, 0.4) is 0 Å². The van der Waals surface area contributed by atoms with Gasteiger partial charge in [0.25, 0.3) is 5.91 Å². The van der Waals surface area contributed by atoms with E-state index < -0.39 is 17.4 Å². The highest BCUT2D eigenvalue weighted by Gasteiger charge is 2.16. The lowest BCUT2D eigenvalue weighted by Gasteiger charge is -2.05. The van der Waals surface area contributed by atoms with Crippen LogP contribution in [0.2, 0.25) is 5.02 Å². The third-order valence-electron chi connectivity index (χ3n) is 3.01. The molecule has 2 aromatic rings. The molecule has 0 heterocycles. The van der Waals surface area contributed by atoms with Gasteiger partial charge in [-0.15, -0.1) is 0 Å². The van der Waals surface area contributed by atoms with E-state index >= 15 is 0 Å². The number of amides is 1. The van der Waals surface area contributed by atoms with Crippen molar-refractivity contribution in [3.63, 3.8) is 0 Å². The summed E-state index contributed by atoms with van der Waals surface area (Å²) < 4.78 is 5.71. The van der Waals surface area contributed by atoms with Crippen LogP contribution in [-0.4, -0.2) is 23.7 Å². The molecule has 0 radical (unpaired) electrons. The molecule has 0 saturated heterocycles. The second-order valence-electron chi connectivity index (χ2n) is 4.85. The Morgan fingerprint density at radius 1 is 1.35 bits per heavy atom. The van der Waals surface area contributed by atoms with Crippen LogP contribution in [0.5, 0.6) is 5.75 Å². The summed E-state index contributed by atoms with van der Waals surface area (Å²) in [5.41, 5.74) is 2.84. The molecule has 134 valence electrons. The zero-order valence-corrected chi connectivity index (χ0v) is 15.6. The van der Waals surface area contributed by atoms with Crippen molar-refractivity contribution in [1.82, 2.24) is 5.43 Å². The molecule has 0 unspecified atom stereocenters. The molecule has 0 aliphatic heterocycles. The molecule has 2 aromatic carbocycles. The Bertz CT molecular complexity index is 871. The molecule has 1 N–H and O–H groups in total. The quantitative estimate of drug-likeness (QED) is 0.398. The molecular weight excluding hydrogens is 426 g/mol. The van der Waals surface area contributed by atoms with Crippen LogP contribution >= 0.6 is 27.5 Å². The van der Waals surface area contributed by atoms with Gasteiger partial charge in [-0.1, -0.05) is 51.8 Å². The molecule has 0 atom stereocenters. The molecular formula is C17H13BrClN3O4. The summed E-state index contributed by atoms with van der Waals surface area (Å²) in [6.07, 6.45) is 4.73. The Morgan fingerprint density at radius 3 is 2.85 bits per heavy atom. The Kier molecular flexibility index (Phi) is 7.31. The van der Waals surface area contributed by atoms with Gasteiger partial charge in [0.05, 0.1) is 4.92 Å². The first-order valence-electron chi connectivity index (χ1n) is 7.27. The number of nitro benzene ring substituents is 1. The summed E-state index contributed by atoms with van der Waals surface area (Å²) >= 11 is 9.14. The Labute approximate surface area is 162 Å². The van der Waals surface area contributed by atoms with Gasteiger partial charge < -0.3 is 4.74 Å². The molecule has 9 heteroatoms. The maximum absolute atomic E-state index is 11.7. The molecule has 0 fully saturated rings. The van der Waals surface area contributed by atoms with Gasteiger partial charge >= 0.3 is 5.69 Å². The van der Waals surface area contributed by atoms with Crippen LogP contribution < -0.4 is 10.2 Å². The van der Waals surface area contributed by atoms with Crippen LogP contribution in [-0.2, 0) is 4.79 Å². The Balaban J connectivity index is 1.84. The molecule has 0 bridgehead atoms. The van der Waals surface area contributed by atoms with E-state index in [2.05, 4.69) is 26.5 Å². The second kappa shape index (κ2) is 9.69. The number of carbonyl (C=O) groups is 1. The summed E-state index contributed by atoms with van der Waals surface area (Å²) in [5, 5.41) is 15.3. The standard InChI is InChI=1S/C17H13BrClN3O4/c18-13-7-8-16(15(10-13)22(24)25)26-11-17(23)21-20-9-3-5-12-4-1-2-6-14(12)19/h1-10H,11H2,(H,21,23). The fourth-order valence-electron chi connectivity index (χ4n) is 1.84. The zero-order valence-electron chi connectivity index (χ0n) is 13.3.